The lowest BCUT2D eigenvalue weighted by Crippen LogP contribution is -2.05. The topological polar surface area (TPSA) is 72.3 Å². The largest absolute Gasteiger partial charge is 0.487 e. The Morgan fingerprint density at radius 2 is 2.00 bits per heavy atom. The summed E-state index contributed by atoms with van der Waals surface area (Å²) in [6, 6.07) is 10.6. The van der Waals surface area contributed by atoms with Crippen LogP contribution in [0.1, 0.15) is 16.2 Å². The van der Waals surface area contributed by atoms with Gasteiger partial charge >= 0.3 is 5.97 Å². The Morgan fingerprint density at radius 1 is 1.24 bits per heavy atom. The molecule has 1 aromatic heterocycles. The first-order valence-corrected chi connectivity index (χ1v) is 4.98. The van der Waals surface area contributed by atoms with Crippen LogP contribution in [0.5, 0.6) is 5.75 Å². The minimum Gasteiger partial charge on any atom is -0.487 e. The van der Waals surface area contributed by atoms with Crippen LogP contribution in [0.3, 0.4) is 0 Å². The average molecular weight is 230 g/mol. The summed E-state index contributed by atoms with van der Waals surface area (Å²) >= 11 is 0. The molecule has 17 heavy (non-hydrogen) atoms. The van der Waals surface area contributed by atoms with Gasteiger partial charge in [0.05, 0.1) is 5.69 Å². The lowest BCUT2D eigenvalue weighted by Gasteiger charge is -2.05. The number of aromatic carboxylic acids is 1. The van der Waals surface area contributed by atoms with Crippen LogP contribution >= 0.6 is 0 Å². The number of rotatable bonds is 4. The number of benzene rings is 1. The van der Waals surface area contributed by atoms with Crippen LogP contribution in [0.25, 0.3) is 0 Å². The molecule has 86 valence electrons. The Hall–Kier alpha value is -2.43. The highest BCUT2D eigenvalue weighted by Crippen LogP contribution is 2.10. The smallest absolute Gasteiger partial charge is 0.354 e. The Balaban J connectivity index is 2.04. The summed E-state index contributed by atoms with van der Waals surface area (Å²) in [6.07, 6.45) is 1.22. The monoisotopic (exact) mass is 230 g/mol. The van der Waals surface area contributed by atoms with Crippen LogP contribution in [0, 0.1) is 0 Å². The summed E-state index contributed by atoms with van der Waals surface area (Å²) < 4.78 is 5.44. The van der Waals surface area contributed by atoms with Crippen LogP contribution in [0.15, 0.2) is 42.7 Å². The van der Waals surface area contributed by atoms with E-state index < -0.39 is 5.97 Å². The second kappa shape index (κ2) is 5.07. The van der Waals surface area contributed by atoms with Gasteiger partial charge in [-0.1, -0.05) is 18.2 Å². The van der Waals surface area contributed by atoms with Gasteiger partial charge in [-0.25, -0.2) is 14.8 Å². The number of carboxylic acids is 1. The molecule has 2 rings (SSSR count). The lowest BCUT2D eigenvalue weighted by molar-refractivity contribution is 0.0690. The van der Waals surface area contributed by atoms with Crippen molar-refractivity contribution in [1.29, 1.82) is 0 Å². The molecule has 1 N–H and O–H groups in total. The molecule has 5 heteroatoms. The van der Waals surface area contributed by atoms with E-state index in [0.29, 0.717) is 11.4 Å². The molecule has 0 aliphatic heterocycles. The van der Waals surface area contributed by atoms with Crippen LogP contribution < -0.4 is 4.74 Å². The third-order valence-corrected chi connectivity index (χ3v) is 2.07. The fourth-order valence-electron chi connectivity index (χ4n) is 1.27. The van der Waals surface area contributed by atoms with Crippen LogP contribution in [0.4, 0.5) is 0 Å². The van der Waals surface area contributed by atoms with Crippen molar-refractivity contribution in [3.05, 3.63) is 54.1 Å². The zero-order valence-corrected chi connectivity index (χ0v) is 8.91. The lowest BCUT2D eigenvalue weighted by atomic mass is 10.3. The molecule has 0 spiro atoms. The highest BCUT2D eigenvalue weighted by Gasteiger charge is 2.06. The number of carbonyl (C=O) groups is 1. The summed E-state index contributed by atoms with van der Waals surface area (Å²) in [6.45, 7) is 0.215. The van der Waals surface area contributed by atoms with Gasteiger partial charge in [0.1, 0.15) is 18.7 Å². The molecule has 0 radical (unpaired) electrons. The molecule has 0 unspecified atom stereocenters. The SMILES string of the molecule is O=C(O)c1cc(COc2ccccc2)ncn1. The maximum absolute atomic E-state index is 10.7. The van der Waals surface area contributed by atoms with Crippen molar-refractivity contribution in [3.8, 4) is 5.75 Å². The van der Waals surface area contributed by atoms with Crippen molar-refractivity contribution in [2.75, 3.05) is 0 Å². The van der Waals surface area contributed by atoms with Gasteiger partial charge in [-0.05, 0) is 18.2 Å². The van der Waals surface area contributed by atoms with Crippen molar-refractivity contribution in [2.45, 2.75) is 6.61 Å². The van der Waals surface area contributed by atoms with E-state index >= 15 is 0 Å². The Kier molecular flexibility index (Phi) is 3.30. The highest BCUT2D eigenvalue weighted by atomic mass is 16.5. The summed E-state index contributed by atoms with van der Waals surface area (Å²) in [5.41, 5.74) is 0.493. The molecule has 0 amide bonds. The number of para-hydroxylation sites is 1. The van der Waals surface area contributed by atoms with E-state index in [1.54, 1.807) is 0 Å². The molecule has 0 fully saturated rings. The number of ether oxygens (including phenoxy) is 1. The number of carboxylic acid groups (broad SMARTS) is 1. The Labute approximate surface area is 97.7 Å². The van der Waals surface area contributed by atoms with Crippen molar-refractivity contribution in [3.63, 3.8) is 0 Å². The zero-order valence-electron chi connectivity index (χ0n) is 8.91. The molecule has 0 aliphatic rings. The maximum Gasteiger partial charge on any atom is 0.354 e. The van der Waals surface area contributed by atoms with Gasteiger partial charge < -0.3 is 9.84 Å². The van der Waals surface area contributed by atoms with E-state index in [9.17, 15) is 4.79 Å². The van der Waals surface area contributed by atoms with Gasteiger partial charge in [0.25, 0.3) is 0 Å². The summed E-state index contributed by atoms with van der Waals surface area (Å²) in [5, 5.41) is 8.76. The highest BCUT2D eigenvalue weighted by molar-refractivity contribution is 5.85. The second-order valence-electron chi connectivity index (χ2n) is 3.30. The fourth-order valence-corrected chi connectivity index (χ4v) is 1.27. The third kappa shape index (κ3) is 3.01. The van der Waals surface area contributed by atoms with Crippen molar-refractivity contribution < 1.29 is 14.6 Å². The summed E-state index contributed by atoms with van der Waals surface area (Å²) in [4.78, 5) is 18.3. The minimum absolute atomic E-state index is 0.0355. The predicted octanol–water partition coefficient (Wildman–Crippen LogP) is 1.75. The normalized spacial score (nSPS) is 9.88. The minimum atomic E-state index is -1.08. The first kappa shape index (κ1) is 11.1. The molecule has 0 saturated heterocycles. The Bertz CT molecular complexity index is 514. The van der Waals surface area contributed by atoms with Crippen LogP contribution in [-0.4, -0.2) is 21.0 Å². The van der Waals surface area contributed by atoms with Gasteiger partial charge in [0.15, 0.2) is 5.69 Å². The molecule has 0 bridgehead atoms. The standard InChI is InChI=1S/C12H10N2O3/c15-12(16)11-6-9(13-8-14-11)7-17-10-4-2-1-3-5-10/h1-6,8H,7H2,(H,15,16). The Morgan fingerprint density at radius 3 is 2.71 bits per heavy atom. The van der Waals surface area contributed by atoms with Crippen molar-refractivity contribution in [2.24, 2.45) is 0 Å². The average Bonchev–Trinajstić information content (AvgIpc) is 2.38. The van der Waals surface area contributed by atoms with Gasteiger partial charge in [-0.3, -0.25) is 0 Å². The fraction of sp³-hybridized carbons (Fsp3) is 0.0833. The number of hydrogen-bond donors (Lipinski definition) is 1. The second-order valence-corrected chi connectivity index (χ2v) is 3.30. The molecule has 2 aromatic rings. The predicted molar refractivity (Wildman–Crippen MR) is 59.8 cm³/mol. The molecule has 5 nitrogen and oxygen atoms in total. The molecule has 1 aromatic carbocycles. The van der Waals surface area contributed by atoms with E-state index in [1.807, 2.05) is 30.3 Å². The molecular formula is C12H10N2O3. The number of hydrogen-bond acceptors (Lipinski definition) is 4. The van der Waals surface area contributed by atoms with Gasteiger partial charge in [-0.15, -0.1) is 0 Å². The van der Waals surface area contributed by atoms with E-state index in [-0.39, 0.29) is 12.3 Å². The zero-order chi connectivity index (χ0) is 12.1. The van der Waals surface area contributed by atoms with E-state index in [2.05, 4.69) is 9.97 Å². The van der Waals surface area contributed by atoms with Gasteiger partial charge in [0, 0.05) is 0 Å². The van der Waals surface area contributed by atoms with Crippen LogP contribution in [-0.2, 0) is 6.61 Å². The molecule has 0 atom stereocenters. The quantitative estimate of drug-likeness (QED) is 0.866. The maximum atomic E-state index is 10.7. The van der Waals surface area contributed by atoms with E-state index in [4.69, 9.17) is 9.84 Å². The number of nitrogens with zero attached hydrogens (tertiary/aromatic N) is 2. The van der Waals surface area contributed by atoms with Gasteiger partial charge in [-0.2, -0.15) is 0 Å². The van der Waals surface area contributed by atoms with E-state index in [1.165, 1.54) is 12.4 Å². The van der Waals surface area contributed by atoms with E-state index in [0.717, 1.165) is 0 Å². The molecular weight excluding hydrogens is 220 g/mol. The van der Waals surface area contributed by atoms with Crippen molar-refractivity contribution in [1.82, 2.24) is 9.97 Å². The van der Waals surface area contributed by atoms with Crippen LogP contribution in [0.2, 0.25) is 0 Å². The molecule has 0 saturated carbocycles. The first-order chi connectivity index (χ1) is 8.25. The number of aromatic nitrogens is 2. The summed E-state index contributed by atoms with van der Waals surface area (Å²) in [7, 11) is 0. The first-order valence-electron chi connectivity index (χ1n) is 4.98. The van der Waals surface area contributed by atoms with Gasteiger partial charge in [0.2, 0.25) is 0 Å². The van der Waals surface area contributed by atoms with Crippen molar-refractivity contribution >= 4 is 5.97 Å². The molecule has 0 aliphatic carbocycles. The molecule has 1 heterocycles. The summed E-state index contributed by atoms with van der Waals surface area (Å²) in [5.74, 6) is -0.364. The third-order valence-electron chi connectivity index (χ3n) is 2.07.